The Labute approximate surface area is 131 Å². The first-order valence-electron chi connectivity index (χ1n) is 6.59. The second-order valence-electron chi connectivity index (χ2n) is 4.84. The normalized spacial score (nSPS) is 12.3. The summed E-state index contributed by atoms with van der Waals surface area (Å²) in [5.74, 6) is 1.04. The Morgan fingerprint density at radius 1 is 1.14 bits per heavy atom. The molecule has 2 N–H and O–H groups in total. The van der Waals surface area contributed by atoms with Crippen LogP contribution in [0.2, 0.25) is 0 Å². The third kappa shape index (κ3) is 2.97. The van der Waals surface area contributed by atoms with Gasteiger partial charge in [0.2, 0.25) is 0 Å². The minimum absolute atomic E-state index is 0.0224. The first-order chi connectivity index (χ1) is 10.1. The lowest BCUT2D eigenvalue weighted by atomic mass is 10.1. The van der Waals surface area contributed by atoms with Gasteiger partial charge in [0.05, 0.1) is 11.6 Å². The van der Waals surface area contributed by atoms with Crippen molar-refractivity contribution in [1.82, 2.24) is 9.97 Å². The number of nitrogens with one attached hydrogen (secondary N) is 1. The summed E-state index contributed by atoms with van der Waals surface area (Å²) in [6.45, 7) is 2.03. The van der Waals surface area contributed by atoms with Crippen molar-refractivity contribution < 1.29 is 5.11 Å². The number of phenols is 1. The first kappa shape index (κ1) is 13.8. The van der Waals surface area contributed by atoms with E-state index in [1.54, 1.807) is 18.5 Å². The third-order valence-corrected chi connectivity index (χ3v) is 3.81. The number of benzene rings is 2. The minimum Gasteiger partial charge on any atom is -0.508 e. The van der Waals surface area contributed by atoms with Crippen molar-refractivity contribution in [3.63, 3.8) is 0 Å². The van der Waals surface area contributed by atoms with E-state index in [-0.39, 0.29) is 11.8 Å². The summed E-state index contributed by atoms with van der Waals surface area (Å²) in [6.07, 6.45) is 1.55. The summed E-state index contributed by atoms with van der Waals surface area (Å²) < 4.78 is 0.984. The number of aromatic nitrogens is 2. The molecule has 3 aromatic rings. The quantitative estimate of drug-likeness (QED) is 0.745. The molecule has 0 saturated heterocycles. The van der Waals surface area contributed by atoms with Gasteiger partial charge >= 0.3 is 0 Å². The van der Waals surface area contributed by atoms with Gasteiger partial charge in [-0.2, -0.15) is 0 Å². The summed E-state index contributed by atoms with van der Waals surface area (Å²) in [4.78, 5) is 8.60. The van der Waals surface area contributed by atoms with E-state index in [1.807, 2.05) is 37.3 Å². The number of nitrogens with zero attached hydrogens (tertiary/aromatic N) is 2. The predicted molar refractivity (Wildman–Crippen MR) is 87.4 cm³/mol. The maximum atomic E-state index is 9.58. The number of hydrogen-bond acceptors (Lipinski definition) is 4. The molecular formula is C16H14BrN3O. The molecule has 2 aromatic carbocycles. The van der Waals surface area contributed by atoms with E-state index in [9.17, 15) is 5.11 Å². The Morgan fingerprint density at radius 2 is 2.00 bits per heavy atom. The first-order valence-corrected chi connectivity index (χ1v) is 7.38. The summed E-state index contributed by atoms with van der Waals surface area (Å²) >= 11 is 3.47. The second kappa shape index (κ2) is 5.69. The molecule has 1 heterocycles. The average Bonchev–Trinajstić information content (AvgIpc) is 2.48. The van der Waals surface area contributed by atoms with E-state index in [1.165, 1.54) is 0 Å². The summed E-state index contributed by atoms with van der Waals surface area (Å²) in [7, 11) is 0. The number of anilines is 1. The minimum atomic E-state index is 0.0224. The van der Waals surface area contributed by atoms with Crippen LogP contribution in [-0.2, 0) is 0 Å². The van der Waals surface area contributed by atoms with E-state index in [2.05, 4.69) is 31.2 Å². The molecule has 4 nitrogen and oxygen atoms in total. The Kier molecular flexibility index (Phi) is 3.75. The molecule has 0 radical (unpaired) electrons. The lowest BCUT2D eigenvalue weighted by Crippen LogP contribution is -2.08. The van der Waals surface area contributed by atoms with Crippen LogP contribution in [0.3, 0.4) is 0 Å². The molecule has 0 spiro atoms. The molecule has 0 bridgehead atoms. The lowest BCUT2D eigenvalue weighted by molar-refractivity contribution is 0.474. The van der Waals surface area contributed by atoms with Crippen LogP contribution in [-0.4, -0.2) is 15.1 Å². The van der Waals surface area contributed by atoms with Crippen LogP contribution >= 0.6 is 15.9 Å². The molecule has 3 rings (SSSR count). The van der Waals surface area contributed by atoms with E-state index in [0.29, 0.717) is 0 Å². The van der Waals surface area contributed by atoms with Crippen LogP contribution in [0.5, 0.6) is 5.75 Å². The lowest BCUT2D eigenvalue weighted by Gasteiger charge is -2.16. The van der Waals surface area contributed by atoms with Crippen LogP contribution in [0.4, 0.5) is 5.82 Å². The number of hydrogen-bond donors (Lipinski definition) is 2. The van der Waals surface area contributed by atoms with Crippen molar-refractivity contribution >= 4 is 32.7 Å². The fourth-order valence-electron chi connectivity index (χ4n) is 2.23. The largest absolute Gasteiger partial charge is 0.508 e. The standard InChI is InChI=1S/C16H14BrN3O/c1-10(11-3-2-4-13(21)7-11)20-16-14-8-12(17)5-6-15(14)18-9-19-16/h2-10,21H,1H3,(H,18,19,20)/t10-/m1/s1. The van der Waals surface area contributed by atoms with Crippen molar-refractivity contribution in [2.45, 2.75) is 13.0 Å². The van der Waals surface area contributed by atoms with E-state index in [0.717, 1.165) is 26.8 Å². The van der Waals surface area contributed by atoms with Gasteiger partial charge < -0.3 is 10.4 Å². The van der Waals surface area contributed by atoms with Crippen LogP contribution in [0, 0.1) is 0 Å². The predicted octanol–water partition coefficient (Wildman–Crippen LogP) is 4.27. The van der Waals surface area contributed by atoms with Crippen molar-refractivity contribution in [3.8, 4) is 5.75 Å². The van der Waals surface area contributed by atoms with E-state index < -0.39 is 0 Å². The smallest absolute Gasteiger partial charge is 0.137 e. The zero-order valence-electron chi connectivity index (χ0n) is 11.4. The fourth-order valence-corrected chi connectivity index (χ4v) is 2.59. The van der Waals surface area contributed by atoms with Crippen LogP contribution in [0.1, 0.15) is 18.5 Å². The maximum Gasteiger partial charge on any atom is 0.137 e. The van der Waals surface area contributed by atoms with Crippen molar-refractivity contribution in [3.05, 3.63) is 58.8 Å². The topological polar surface area (TPSA) is 58.0 Å². The van der Waals surface area contributed by atoms with E-state index in [4.69, 9.17) is 0 Å². The molecular weight excluding hydrogens is 330 g/mol. The van der Waals surface area contributed by atoms with Crippen LogP contribution in [0.25, 0.3) is 10.9 Å². The molecule has 0 unspecified atom stereocenters. The van der Waals surface area contributed by atoms with E-state index >= 15 is 0 Å². The van der Waals surface area contributed by atoms with Gasteiger partial charge in [-0.05, 0) is 42.8 Å². The zero-order chi connectivity index (χ0) is 14.8. The third-order valence-electron chi connectivity index (χ3n) is 3.32. The second-order valence-corrected chi connectivity index (χ2v) is 5.76. The van der Waals surface area contributed by atoms with Gasteiger partial charge in [0.15, 0.2) is 0 Å². The molecule has 0 amide bonds. The number of halogens is 1. The number of phenolic OH excluding ortho intramolecular Hbond substituents is 1. The summed E-state index contributed by atoms with van der Waals surface area (Å²) in [5, 5.41) is 13.9. The van der Waals surface area contributed by atoms with Gasteiger partial charge in [0.25, 0.3) is 0 Å². The molecule has 0 saturated carbocycles. The van der Waals surface area contributed by atoms with Gasteiger partial charge in [-0.3, -0.25) is 0 Å². The highest BCUT2D eigenvalue weighted by Crippen LogP contribution is 2.27. The Morgan fingerprint density at radius 3 is 2.81 bits per heavy atom. The van der Waals surface area contributed by atoms with Gasteiger partial charge in [-0.25, -0.2) is 9.97 Å². The number of fused-ring (bicyclic) bond motifs is 1. The van der Waals surface area contributed by atoms with Gasteiger partial charge in [0, 0.05) is 9.86 Å². The highest BCUT2D eigenvalue weighted by Gasteiger charge is 2.10. The number of rotatable bonds is 3. The fraction of sp³-hybridized carbons (Fsp3) is 0.125. The van der Waals surface area contributed by atoms with Gasteiger partial charge in [0.1, 0.15) is 17.9 Å². The van der Waals surface area contributed by atoms with Gasteiger partial charge in [-0.15, -0.1) is 0 Å². The molecule has 106 valence electrons. The SMILES string of the molecule is C[C@@H](Nc1ncnc2ccc(Br)cc12)c1cccc(O)c1. The summed E-state index contributed by atoms with van der Waals surface area (Å²) in [5.41, 5.74) is 1.88. The summed E-state index contributed by atoms with van der Waals surface area (Å²) in [6, 6.07) is 13.1. The molecule has 0 aliphatic carbocycles. The van der Waals surface area contributed by atoms with Crippen molar-refractivity contribution in [2.24, 2.45) is 0 Å². The Balaban J connectivity index is 1.96. The molecule has 21 heavy (non-hydrogen) atoms. The van der Waals surface area contributed by atoms with Gasteiger partial charge in [-0.1, -0.05) is 28.1 Å². The zero-order valence-corrected chi connectivity index (χ0v) is 13.0. The molecule has 0 aliphatic rings. The highest BCUT2D eigenvalue weighted by atomic mass is 79.9. The molecule has 1 aromatic heterocycles. The van der Waals surface area contributed by atoms with Crippen LogP contribution in [0.15, 0.2) is 53.3 Å². The monoisotopic (exact) mass is 343 g/mol. The van der Waals surface area contributed by atoms with Crippen LogP contribution < -0.4 is 5.32 Å². The van der Waals surface area contributed by atoms with Crippen molar-refractivity contribution in [1.29, 1.82) is 0 Å². The van der Waals surface area contributed by atoms with Crippen molar-refractivity contribution in [2.75, 3.05) is 5.32 Å². The maximum absolute atomic E-state index is 9.58. The highest BCUT2D eigenvalue weighted by molar-refractivity contribution is 9.10. The molecule has 1 atom stereocenters. The molecule has 0 aliphatic heterocycles. The Hall–Kier alpha value is -2.14. The average molecular weight is 344 g/mol. The Bertz CT molecular complexity index is 791. The number of aromatic hydroxyl groups is 1. The molecule has 0 fully saturated rings. The molecule has 5 heteroatoms.